The molecule has 0 atom stereocenters. The minimum Gasteiger partial charge on any atom is -0.353 e. The Bertz CT molecular complexity index is 416. The summed E-state index contributed by atoms with van der Waals surface area (Å²) in [6.45, 7) is 7.38. The maximum atomic E-state index is 11.9. The molecular formula is C12H20N4OS2. The third-order valence-electron chi connectivity index (χ3n) is 3.23. The molecular weight excluding hydrogens is 280 g/mol. The Balaban J connectivity index is 1.67. The van der Waals surface area contributed by atoms with E-state index in [9.17, 15) is 4.79 Å². The van der Waals surface area contributed by atoms with E-state index in [1.807, 2.05) is 6.92 Å². The fraction of sp³-hybridized carbons (Fsp3) is 0.750. The van der Waals surface area contributed by atoms with Crippen LogP contribution in [-0.4, -0.2) is 52.4 Å². The Hall–Kier alpha value is -0.660. The highest BCUT2D eigenvalue weighted by Crippen LogP contribution is 2.21. The van der Waals surface area contributed by atoms with Gasteiger partial charge < -0.3 is 10.2 Å². The standard InChI is InChI=1S/C12H20N4OS2/c1-3-16-6-4-10(5-7-16)13-11(17)8-18-12-15-14-9(2)19-12/h10H,3-8H2,1-2H3,(H,13,17). The van der Waals surface area contributed by atoms with E-state index in [2.05, 4.69) is 27.3 Å². The highest BCUT2D eigenvalue weighted by Gasteiger charge is 2.19. The second kappa shape index (κ2) is 7.21. The monoisotopic (exact) mass is 300 g/mol. The molecule has 1 N–H and O–H groups in total. The molecule has 1 aromatic heterocycles. The summed E-state index contributed by atoms with van der Waals surface area (Å²) in [5, 5.41) is 12.0. The molecule has 19 heavy (non-hydrogen) atoms. The second-order valence-electron chi connectivity index (χ2n) is 4.65. The lowest BCUT2D eigenvalue weighted by molar-refractivity contribution is -0.119. The van der Waals surface area contributed by atoms with Crippen LogP contribution in [0, 0.1) is 6.92 Å². The summed E-state index contributed by atoms with van der Waals surface area (Å²) in [7, 11) is 0. The fourth-order valence-corrected chi connectivity index (χ4v) is 3.75. The molecule has 0 spiro atoms. The Morgan fingerprint density at radius 2 is 2.21 bits per heavy atom. The van der Waals surface area contributed by atoms with Gasteiger partial charge in [0.15, 0.2) is 4.34 Å². The number of amides is 1. The molecule has 5 nitrogen and oxygen atoms in total. The van der Waals surface area contributed by atoms with Crippen molar-refractivity contribution < 1.29 is 4.79 Å². The van der Waals surface area contributed by atoms with Gasteiger partial charge in [0.1, 0.15) is 5.01 Å². The number of aromatic nitrogens is 2. The fourth-order valence-electron chi connectivity index (χ4n) is 2.13. The summed E-state index contributed by atoms with van der Waals surface area (Å²) in [5.74, 6) is 0.538. The summed E-state index contributed by atoms with van der Waals surface area (Å²) >= 11 is 3.00. The molecule has 1 saturated heterocycles. The van der Waals surface area contributed by atoms with Gasteiger partial charge in [0, 0.05) is 19.1 Å². The molecule has 1 fully saturated rings. The molecule has 1 amide bonds. The maximum absolute atomic E-state index is 11.9. The van der Waals surface area contributed by atoms with Crippen LogP contribution in [0.3, 0.4) is 0 Å². The zero-order chi connectivity index (χ0) is 13.7. The molecule has 2 rings (SSSR count). The molecule has 1 aliphatic heterocycles. The van der Waals surface area contributed by atoms with Crippen molar-refractivity contribution >= 4 is 29.0 Å². The molecule has 0 radical (unpaired) electrons. The van der Waals surface area contributed by atoms with Crippen LogP contribution in [0.1, 0.15) is 24.8 Å². The molecule has 0 saturated carbocycles. The van der Waals surface area contributed by atoms with Crippen LogP contribution in [-0.2, 0) is 4.79 Å². The van der Waals surface area contributed by atoms with Gasteiger partial charge in [-0.15, -0.1) is 10.2 Å². The lowest BCUT2D eigenvalue weighted by atomic mass is 10.1. The lowest BCUT2D eigenvalue weighted by Gasteiger charge is -2.31. The van der Waals surface area contributed by atoms with Crippen molar-refractivity contribution in [3.63, 3.8) is 0 Å². The SMILES string of the molecule is CCN1CCC(NC(=O)CSc2nnc(C)s2)CC1. The number of carbonyl (C=O) groups is 1. The summed E-state index contributed by atoms with van der Waals surface area (Å²) in [6.07, 6.45) is 2.12. The van der Waals surface area contributed by atoms with Gasteiger partial charge in [0.25, 0.3) is 0 Å². The van der Waals surface area contributed by atoms with E-state index in [4.69, 9.17) is 0 Å². The average molecular weight is 300 g/mol. The van der Waals surface area contributed by atoms with Crippen molar-refractivity contribution in [3.8, 4) is 0 Å². The number of carbonyl (C=O) groups excluding carboxylic acids is 1. The van der Waals surface area contributed by atoms with Gasteiger partial charge in [-0.2, -0.15) is 0 Å². The van der Waals surface area contributed by atoms with Gasteiger partial charge in [-0.1, -0.05) is 30.0 Å². The van der Waals surface area contributed by atoms with E-state index in [-0.39, 0.29) is 5.91 Å². The van der Waals surface area contributed by atoms with Crippen LogP contribution in [0.4, 0.5) is 0 Å². The van der Waals surface area contributed by atoms with Crippen LogP contribution in [0.2, 0.25) is 0 Å². The molecule has 106 valence electrons. The number of piperidine rings is 1. The van der Waals surface area contributed by atoms with Crippen molar-refractivity contribution in [2.75, 3.05) is 25.4 Å². The summed E-state index contributed by atoms with van der Waals surface area (Å²) in [6, 6.07) is 0.340. The van der Waals surface area contributed by atoms with Gasteiger partial charge in [0.05, 0.1) is 5.75 Å². The van der Waals surface area contributed by atoms with Crippen molar-refractivity contribution in [1.29, 1.82) is 0 Å². The van der Waals surface area contributed by atoms with Gasteiger partial charge >= 0.3 is 0 Å². The first-order valence-electron chi connectivity index (χ1n) is 6.62. The molecule has 0 aromatic carbocycles. The molecule has 1 aromatic rings. The van der Waals surface area contributed by atoms with Crippen molar-refractivity contribution in [3.05, 3.63) is 5.01 Å². The molecule has 2 heterocycles. The van der Waals surface area contributed by atoms with Crippen molar-refractivity contribution in [1.82, 2.24) is 20.4 Å². The lowest BCUT2D eigenvalue weighted by Crippen LogP contribution is -2.45. The Morgan fingerprint density at radius 1 is 1.47 bits per heavy atom. The largest absolute Gasteiger partial charge is 0.353 e. The highest BCUT2D eigenvalue weighted by molar-refractivity contribution is 8.01. The Labute approximate surface area is 122 Å². The van der Waals surface area contributed by atoms with E-state index in [1.165, 1.54) is 23.1 Å². The Morgan fingerprint density at radius 3 is 2.79 bits per heavy atom. The molecule has 0 aliphatic carbocycles. The third-order valence-corrected chi connectivity index (χ3v) is 5.21. The zero-order valence-corrected chi connectivity index (χ0v) is 13.0. The number of rotatable bonds is 5. The van der Waals surface area contributed by atoms with E-state index >= 15 is 0 Å². The van der Waals surface area contributed by atoms with Gasteiger partial charge in [-0.05, 0) is 26.3 Å². The minimum atomic E-state index is 0.104. The summed E-state index contributed by atoms with van der Waals surface area (Å²) in [4.78, 5) is 14.3. The first-order chi connectivity index (χ1) is 9.17. The zero-order valence-electron chi connectivity index (χ0n) is 11.4. The summed E-state index contributed by atoms with van der Waals surface area (Å²) < 4.78 is 0.869. The number of likely N-dealkylation sites (tertiary alicyclic amines) is 1. The minimum absolute atomic E-state index is 0.104. The number of nitrogens with one attached hydrogen (secondary N) is 1. The molecule has 0 unspecified atom stereocenters. The van der Waals surface area contributed by atoms with Gasteiger partial charge in [0.2, 0.25) is 5.91 Å². The van der Waals surface area contributed by atoms with Gasteiger partial charge in [-0.25, -0.2) is 0 Å². The predicted octanol–water partition coefficient (Wildman–Crippen LogP) is 1.54. The molecule has 1 aliphatic rings. The average Bonchev–Trinajstić information content (AvgIpc) is 2.83. The smallest absolute Gasteiger partial charge is 0.230 e. The van der Waals surface area contributed by atoms with Crippen LogP contribution >= 0.6 is 23.1 Å². The van der Waals surface area contributed by atoms with E-state index < -0.39 is 0 Å². The summed E-state index contributed by atoms with van der Waals surface area (Å²) in [5.41, 5.74) is 0. The van der Waals surface area contributed by atoms with Crippen molar-refractivity contribution in [2.24, 2.45) is 0 Å². The molecule has 0 bridgehead atoms. The molecule has 7 heteroatoms. The highest BCUT2D eigenvalue weighted by atomic mass is 32.2. The first kappa shape index (κ1) is 14.7. The Kier molecular flexibility index (Phi) is 5.59. The predicted molar refractivity (Wildman–Crippen MR) is 78.6 cm³/mol. The van der Waals surface area contributed by atoms with Crippen LogP contribution < -0.4 is 5.32 Å². The second-order valence-corrected chi connectivity index (χ2v) is 7.06. The van der Waals surface area contributed by atoms with Crippen LogP contribution in [0.15, 0.2) is 4.34 Å². The van der Waals surface area contributed by atoms with E-state index in [1.54, 1.807) is 0 Å². The quantitative estimate of drug-likeness (QED) is 0.836. The normalized spacial score (nSPS) is 17.6. The van der Waals surface area contributed by atoms with Gasteiger partial charge in [-0.3, -0.25) is 4.79 Å². The topological polar surface area (TPSA) is 58.1 Å². The number of hydrogen-bond donors (Lipinski definition) is 1. The van der Waals surface area contributed by atoms with E-state index in [0.717, 1.165) is 41.8 Å². The first-order valence-corrected chi connectivity index (χ1v) is 8.42. The van der Waals surface area contributed by atoms with Crippen LogP contribution in [0.5, 0.6) is 0 Å². The number of thioether (sulfide) groups is 1. The number of aryl methyl sites for hydroxylation is 1. The number of nitrogens with zero attached hydrogens (tertiary/aromatic N) is 3. The number of hydrogen-bond acceptors (Lipinski definition) is 6. The van der Waals surface area contributed by atoms with E-state index in [0.29, 0.717) is 11.8 Å². The van der Waals surface area contributed by atoms with Crippen molar-refractivity contribution in [2.45, 2.75) is 37.1 Å². The maximum Gasteiger partial charge on any atom is 0.230 e. The third kappa shape index (κ3) is 4.74. The van der Waals surface area contributed by atoms with Crippen LogP contribution in [0.25, 0.3) is 0 Å².